The number of hydrogen-bond acceptors (Lipinski definition) is 3. The Kier molecular flexibility index (Phi) is 3.31. The fourth-order valence-electron chi connectivity index (χ4n) is 1.28. The van der Waals surface area contributed by atoms with Gasteiger partial charge in [0.15, 0.2) is 0 Å². The van der Waals surface area contributed by atoms with Gasteiger partial charge in [0.05, 0.1) is 0 Å². The Hall–Kier alpha value is -2.12. The molecule has 2 N–H and O–H groups in total. The van der Waals surface area contributed by atoms with Gasteiger partial charge in [-0.25, -0.2) is 0 Å². The molecular weight excluding hydrogens is 200 g/mol. The van der Waals surface area contributed by atoms with Crippen molar-refractivity contribution >= 4 is 0 Å². The molecule has 0 fully saturated rings. The number of hydrogen-bond donors (Lipinski definition) is 1. The third-order valence-electron chi connectivity index (χ3n) is 2.06. The molecule has 2 rings (SSSR count). The van der Waals surface area contributed by atoms with E-state index < -0.39 is 0 Å². The van der Waals surface area contributed by atoms with Gasteiger partial charge in [-0.2, -0.15) is 5.10 Å². The highest BCUT2D eigenvalue weighted by Gasteiger charge is 1.91. The lowest BCUT2D eigenvalue weighted by atomic mass is 10.2. The molecule has 0 amide bonds. The Morgan fingerprint density at radius 1 is 1.38 bits per heavy atom. The first kappa shape index (κ1) is 10.4. The number of aromatic nitrogens is 3. The van der Waals surface area contributed by atoms with E-state index in [9.17, 15) is 0 Å². The van der Waals surface area contributed by atoms with Gasteiger partial charge in [-0.3, -0.25) is 9.67 Å². The summed E-state index contributed by atoms with van der Waals surface area (Å²) in [5.41, 5.74) is 7.40. The van der Waals surface area contributed by atoms with Crippen molar-refractivity contribution in [3.05, 3.63) is 48.0 Å². The molecule has 80 valence electrons. The maximum absolute atomic E-state index is 5.52. The topological polar surface area (TPSA) is 56.7 Å². The van der Waals surface area contributed by atoms with E-state index in [1.165, 1.54) is 0 Å². The zero-order valence-corrected chi connectivity index (χ0v) is 8.80. The zero-order valence-electron chi connectivity index (χ0n) is 8.80. The SMILES string of the molecule is NCc1cncc(C#CCn2cccn2)c1. The summed E-state index contributed by atoms with van der Waals surface area (Å²) in [7, 11) is 0. The molecule has 0 unspecified atom stereocenters. The molecule has 2 aromatic heterocycles. The van der Waals surface area contributed by atoms with Crippen molar-refractivity contribution in [2.75, 3.05) is 0 Å². The van der Waals surface area contributed by atoms with Gasteiger partial charge >= 0.3 is 0 Å². The molecule has 2 aromatic rings. The van der Waals surface area contributed by atoms with E-state index in [1.807, 2.05) is 18.3 Å². The largest absolute Gasteiger partial charge is 0.326 e. The molecule has 0 bridgehead atoms. The molecule has 16 heavy (non-hydrogen) atoms. The number of nitrogens with two attached hydrogens (primary N) is 1. The first-order chi connectivity index (χ1) is 7.88. The Balaban J connectivity index is 2.06. The van der Waals surface area contributed by atoms with E-state index in [1.54, 1.807) is 23.3 Å². The van der Waals surface area contributed by atoms with Crippen LogP contribution in [0.4, 0.5) is 0 Å². The molecule has 0 spiro atoms. The van der Waals surface area contributed by atoms with Crippen LogP contribution in [-0.4, -0.2) is 14.8 Å². The van der Waals surface area contributed by atoms with Crippen LogP contribution in [0, 0.1) is 11.8 Å². The third-order valence-corrected chi connectivity index (χ3v) is 2.06. The maximum atomic E-state index is 5.52. The molecule has 4 nitrogen and oxygen atoms in total. The van der Waals surface area contributed by atoms with E-state index in [-0.39, 0.29) is 0 Å². The van der Waals surface area contributed by atoms with Crippen molar-refractivity contribution in [1.29, 1.82) is 0 Å². The summed E-state index contributed by atoms with van der Waals surface area (Å²) < 4.78 is 1.77. The standard InChI is InChI=1S/C12H12N4/c13-8-12-7-11(9-14-10-12)3-1-5-16-6-2-4-15-16/h2,4,6-7,9-10H,5,8,13H2. The summed E-state index contributed by atoms with van der Waals surface area (Å²) >= 11 is 0. The lowest BCUT2D eigenvalue weighted by Gasteiger charge is -1.95. The smallest absolute Gasteiger partial charge is 0.102 e. The Morgan fingerprint density at radius 3 is 3.06 bits per heavy atom. The highest BCUT2D eigenvalue weighted by atomic mass is 15.3. The molecule has 2 heterocycles. The zero-order chi connectivity index (χ0) is 11.2. The van der Waals surface area contributed by atoms with Gasteiger partial charge in [0.2, 0.25) is 0 Å². The molecule has 0 aliphatic heterocycles. The van der Waals surface area contributed by atoms with Crippen LogP contribution in [0.2, 0.25) is 0 Å². The fourth-order valence-corrected chi connectivity index (χ4v) is 1.28. The molecule has 0 atom stereocenters. The van der Waals surface area contributed by atoms with Crippen LogP contribution in [0.25, 0.3) is 0 Å². The second-order valence-corrected chi connectivity index (χ2v) is 3.29. The predicted octanol–water partition coefficient (Wildman–Crippen LogP) is 0.788. The van der Waals surface area contributed by atoms with Gasteiger partial charge in [-0.15, -0.1) is 0 Å². The number of pyridine rings is 1. The second-order valence-electron chi connectivity index (χ2n) is 3.29. The van der Waals surface area contributed by atoms with E-state index in [4.69, 9.17) is 5.73 Å². The average molecular weight is 212 g/mol. The number of rotatable bonds is 2. The van der Waals surface area contributed by atoms with E-state index in [2.05, 4.69) is 21.9 Å². The van der Waals surface area contributed by atoms with Gasteiger partial charge in [0.1, 0.15) is 6.54 Å². The van der Waals surface area contributed by atoms with Crippen molar-refractivity contribution in [3.8, 4) is 11.8 Å². The molecule has 0 aliphatic rings. The van der Waals surface area contributed by atoms with Crippen LogP contribution >= 0.6 is 0 Å². The maximum Gasteiger partial charge on any atom is 0.102 e. The summed E-state index contributed by atoms with van der Waals surface area (Å²) in [5, 5.41) is 4.06. The van der Waals surface area contributed by atoms with Gasteiger partial charge in [-0.1, -0.05) is 11.8 Å². The van der Waals surface area contributed by atoms with Gasteiger partial charge in [0, 0.05) is 36.9 Å². The van der Waals surface area contributed by atoms with Crippen molar-refractivity contribution in [3.63, 3.8) is 0 Å². The lowest BCUT2D eigenvalue weighted by Crippen LogP contribution is -1.97. The number of nitrogens with zero attached hydrogens (tertiary/aromatic N) is 3. The van der Waals surface area contributed by atoms with E-state index in [0.29, 0.717) is 13.1 Å². The summed E-state index contributed by atoms with van der Waals surface area (Å²) in [4.78, 5) is 4.07. The molecule has 0 aromatic carbocycles. The molecule has 0 saturated heterocycles. The molecule has 0 radical (unpaired) electrons. The van der Waals surface area contributed by atoms with E-state index in [0.717, 1.165) is 11.1 Å². The lowest BCUT2D eigenvalue weighted by molar-refractivity contribution is 0.715. The Labute approximate surface area is 94.1 Å². The van der Waals surface area contributed by atoms with Crippen LogP contribution < -0.4 is 5.73 Å². The quantitative estimate of drug-likeness (QED) is 0.749. The summed E-state index contributed by atoms with van der Waals surface area (Å²) in [6.45, 7) is 1.07. The van der Waals surface area contributed by atoms with Gasteiger partial charge in [-0.05, 0) is 17.7 Å². The summed E-state index contributed by atoms with van der Waals surface area (Å²) in [5.74, 6) is 6.05. The van der Waals surface area contributed by atoms with E-state index >= 15 is 0 Å². The fraction of sp³-hybridized carbons (Fsp3) is 0.167. The highest BCUT2D eigenvalue weighted by molar-refractivity contribution is 5.34. The molecule has 0 aliphatic carbocycles. The van der Waals surface area contributed by atoms with Crippen LogP contribution in [0.5, 0.6) is 0 Å². The minimum Gasteiger partial charge on any atom is -0.326 e. The highest BCUT2D eigenvalue weighted by Crippen LogP contribution is 1.99. The first-order valence-electron chi connectivity index (χ1n) is 4.99. The first-order valence-corrected chi connectivity index (χ1v) is 4.99. The normalized spacial score (nSPS) is 9.56. The van der Waals surface area contributed by atoms with Crippen LogP contribution in [0.15, 0.2) is 36.9 Å². The molecule has 0 saturated carbocycles. The molecular formula is C12H12N4. The minimum absolute atomic E-state index is 0.488. The third kappa shape index (κ3) is 2.69. The van der Waals surface area contributed by atoms with Crippen molar-refractivity contribution < 1.29 is 0 Å². The van der Waals surface area contributed by atoms with Crippen LogP contribution in [0.3, 0.4) is 0 Å². The second kappa shape index (κ2) is 5.10. The minimum atomic E-state index is 0.488. The monoisotopic (exact) mass is 212 g/mol. The van der Waals surface area contributed by atoms with Crippen LogP contribution in [0.1, 0.15) is 11.1 Å². The van der Waals surface area contributed by atoms with Crippen molar-refractivity contribution in [2.24, 2.45) is 5.73 Å². The predicted molar refractivity (Wildman–Crippen MR) is 61.2 cm³/mol. The van der Waals surface area contributed by atoms with Gasteiger partial charge < -0.3 is 5.73 Å². The van der Waals surface area contributed by atoms with Crippen molar-refractivity contribution in [2.45, 2.75) is 13.1 Å². The van der Waals surface area contributed by atoms with Gasteiger partial charge in [0.25, 0.3) is 0 Å². The molecule has 4 heteroatoms. The Bertz CT molecular complexity index is 505. The van der Waals surface area contributed by atoms with Crippen molar-refractivity contribution in [1.82, 2.24) is 14.8 Å². The van der Waals surface area contributed by atoms with Crippen LogP contribution in [-0.2, 0) is 13.1 Å². The average Bonchev–Trinajstić information content (AvgIpc) is 2.82. The summed E-state index contributed by atoms with van der Waals surface area (Å²) in [6.07, 6.45) is 7.09. The summed E-state index contributed by atoms with van der Waals surface area (Å²) in [6, 6.07) is 3.82. The Morgan fingerprint density at radius 2 is 2.31 bits per heavy atom.